The number of nitrogens with zero attached hydrogens (tertiary/aromatic N) is 3. The minimum Gasteiger partial charge on any atom is -0.376 e. The molecule has 0 saturated carbocycles. The van der Waals surface area contributed by atoms with E-state index in [4.69, 9.17) is 4.74 Å². The third-order valence-corrected chi connectivity index (χ3v) is 5.08. The van der Waals surface area contributed by atoms with Crippen molar-refractivity contribution in [2.45, 2.75) is 17.9 Å². The van der Waals surface area contributed by atoms with Crippen molar-refractivity contribution in [3.8, 4) is 0 Å². The summed E-state index contributed by atoms with van der Waals surface area (Å²) in [5.41, 5.74) is -1.38. The van der Waals surface area contributed by atoms with Gasteiger partial charge in [-0.15, -0.1) is 0 Å². The van der Waals surface area contributed by atoms with Crippen molar-refractivity contribution in [2.24, 2.45) is 14.1 Å². The van der Waals surface area contributed by atoms with E-state index in [-0.39, 0.29) is 25.8 Å². The van der Waals surface area contributed by atoms with E-state index >= 15 is 0 Å². The third kappa shape index (κ3) is 2.43. The maximum atomic E-state index is 12.5. The molecule has 9 heteroatoms. The second-order valence-electron chi connectivity index (χ2n) is 4.80. The molecular weight excluding hydrogens is 286 g/mol. The van der Waals surface area contributed by atoms with Gasteiger partial charge in [-0.1, -0.05) is 0 Å². The first-order chi connectivity index (χ1) is 9.25. The molecule has 1 aliphatic rings. The lowest BCUT2D eigenvalue weighted by atomic mass is 10.3. The van der Waals surface area contributed by atoms with Crippen LogP contribution in [-0.2, 0) is 28.9 Å². The van der Waals surface area contributed by atoms with Gasteiger partial charge in [-0.2, -0.15) is 4.31 Å². The van der Waals surface area contributed by atoms with E-state index < -0.39 is 26.2 Å². The average Bonchev–Trinajstić information content (AvgIpc) is 2.40. The first-order valence-corrected chi connectivity index (χ1v) is 7.57. The minimum atomic E-state index is -3.93. The molecule has 112 valence electrons. The van der Waals surface area contributed by atoms with Gasteiger partial charge in [0.25, 0.3) is 5.56 Å². The molecule has 0 bridgehead atoms. The van der Waals surface area contributed by atoms with E-state index in [1.54, 1.807) is 6.92 Å². The highest BCUT2D eigenvalue weighted by atomic mass is 32.2. The van der Waals surface area contributed by atoms with E-state index in [9.17, 15) is 18.0 Å². The lowest BCUT2D eigenvalue weighted by Gasteiger charge is -2.30. The molecule has 1 saturated heterocycles. The SMILES string of the molecule is C[C@@H]1CN(S(=O)(=O)c2cn(C)c(=O)n(C)c2=O)CCO1. The minimum absolute atomic E-state index is 0.189. The molecule has 0 amide bonds. The fourth-order valence-electron chi connectivity index (χ4n) is 2.10. The molecule has 0 N–H and O–H groups in total. The molecule has 1 aliphatic heterocycles. The number of hydrogen-bond donors (Lipinski definition) is 0. The molecule has 20 heavy (non-hydrogen) atoms. The molecule has 8 nitrogen and oxygen atoms in total. The fraction of sp³-hybridized carbons (Fsp3) is 0.636. The van der Waals surface area contributed by atoms with Crippen LogP contribution in [-0.4, -0.2) is 47.7 Å². The Bertz CT molecular complexity index is 733. The van der Waals surface area contributed by atoms with Crippen molar-refractivity contribution in [1.29, 1.82) is 0 Å². The lowest BCUT2D eigenvalue weighted by molar-refractivity contribution is 0.0101. The predicted octanol–water partition coefficient (Wildman–Crippen LogP) is -1.51. The van der Waals surface area contributed by atoms with Gasteiger partial charge in [0.2, 0.25) is 10.0 Å². The Hall–Kier alpha value is -1.45. The number of sulfonamides is 1. The molecule has 0 spiro atoms. The summed E-state index contributed by atoms with van der Waals surface area (Å²) in [5.74, 6) is 0. The van der Waals surface area contributed by atoms with E-state index in [1.165, 1.54) is 18.4 Å². The topological polar surface area (TPSA) is 90.6 Å². The molecule has 0 radical (unpaired) electrons. The van der Waals surface area contributed by atoms with E-state index in [0.29, 0.717) is 0 Å². The molecule has 1 aromatic heterocycles. The Morgan fingerprint density at radius 1 is 1.30 bits per heavy atom. The maximum Gasteiger partial charge on any atom is 0.330 e. The highest BCUT2D eigenvalue weighted by Crippen LogP contribution is 2.15. The summed E-state index contributed by atoms with van der Waals surface area (Å²) in [6.45, 7) is 2.43. The van der Waals surface area contributed by atoms with Gasteiger partial charge >= 0.3 is 5.69 Å². The van der Waals surface area contributed by atoms with Crippen LogP contribution in [0.25, 0.3) is 0 Å². The zero-order valence-corrected chi connectivity index (χ0v) is 12.4. The number of aryl methyl sites for hydroxylation is 1. The molecule has 1 aromatic rings. The van der Waals surface area contributed by atoms with E-state index in [0.717, 1.165) is 15.3 Å². The van der Waals surface area contributed by atoms with Gasteiger partial charge in [0.1, 0.15) is 0 Å². The Morgan fingerprint density at radius 2 is 1.95 bits per heavy atom. The molecule has 1 atom stereocenters. The van der Waals surface area contributed by atoms with Gasteiger partial charge in [0, 0.05) is 33.4 Å². The Kier molecular flexibility index (Phi) is 3.85. The largest absolute Gasteiger partial charge is 0.376 e. The van der Waals surface area contributed by atoms with Gasteiger partial charge < -0.3 is 9.30 Å². The Labute approximate surface area is 116 Å². The van der Waals surface area contributed by atoms with E-state index in [1.807, 2.05) is 0 Å². The molecule has 2 heterocycles. The maximum absolute atomic E-state index is 12.5. The number of rotatable bonds is 2. The van der Waals surface area contributed by atoms with Gasteiger partial charge in [0.05, 0.1) is 12.7 Å². The van der Waals surface area contributed by atoms with Crippen LogP contribution in [0, 0.1) is 0 Å². The van der Waals surface area contributed by atoms with Crippen molar-refractivity contribution in [1.82, 2.24) is 13.4 Å². The normalized spacial score (nSPS) is 21.1. The summed E-state index contributed by atoms with van der Waals surface area (Å²) < 4.78 is 33.4. The summed E-state index contributed by atoms with van der Waals surface area (Å²) in [5, 5.41) is 0. The summed E-state index contributed by atoms with van der Waals surface area (Å²) in [7, 11) is -1.27. The van der Waals surface area contributed by atoms with Crippen LogP contribution in [0.4, 0.5) is 0 Å². The van der Waals surface area contributed by atoms with Crippen LogP contribution >= 0.6 is 0 Å². The van der Waals surface area contributed by atoms with Gasteiger partial charge in [-0.25, -0.2) is 13.2 Å². The molecule has 1 fully saturated rings. The molecule has 0 aromatic carbocycles. The summed E-state index contributed by atoms with van der Waals surface area (Å²) in [6, 6.07) is 0. The summed E-state index contributed by atoms with van der Waals surface area (Å²) in [4.78, 5) is 23.2. The number of morpholine rings is 1. The number of ether oxygens (including phenoxy) is 1. The van der Waals surface area contributed by atoms with Crippen LogP contribution in [0.1, 0.15) is 6.92 Å². The first-order valence-electron chi connectivity index (χ1n) is 6.13. The Balaban J connectivity index is 2.56. The van der Waals surface area contributed by atoms with Gasteiger partial charge in [-0.3, -0.25) is 9.36 Å². The first kappa shape index (κ1) is 14.9. The second kappa shape index (κ2) is 5.15. The van der Waals surface area contributed by atoms with Gasteiger partial charge in [-0.05, 0) is 6.92 Å². The smallest absolute Gasteiger partial charge is 0.330 e. The zero-order valence-electron chi connectivity index (χ0n) is 11.6. The second-order valence-corrected chi connectivity index (χ2v) is 6.70. The Morgan fingerprint density at radius 3 is 2.55 bits per heavy atom. The van der Waals surface area contributed by atoms with Crippen molar-refractivity contribution in [3.05, 3.63) is 27.0 Å². The van der Waals surface area contributed by atoms with Crippen LogP contribution in [0.15, 0.2) is 20.7 Å². The third-order valence-electron chi connectivity index (χ3n) is 3.24. The summed E-state index contributed by atoms with van der Waals surface area (Å²) in [6.07, 6.45) is 0.843. The quantitative estimate of drug-likeness (QED) is 0.663. The van der Waals surface area contributed by atoms with Crippen LogP contribution in [0.3, 0.4) is 0 Å². The molecule has 0 unspecified atom stereocenters. The van der Waals surface area contributed by atoms with Crippen LogP contribution < -0.4 is 11.2 Å². The van der Waals surface area contributed by atoms with Gasteiger partial charge in [0.15, 0.2) is 4.90 Å². The monoisotopic (exact) mass is 303 g/mol. The van der Waals surface area contributed by atoms with E-state index in [2.05, 4.69) is 0 Å². The standard InChI is InChI=1S/C11H17N3O5S/c1-8-6-14(4-5-19-8)20(17,18)9-7-12(2)11(16)13(3)10(9)15/h7-8H,4-6H2,1-3H3/t8-/m1/s1. The molecule has 2 rings (SSSR count). The van der Waals surface area contributed by atoms with Crippen LogP contribution in [0.2, 0.25) is 0 Å². The van der Waals surface area contributed by atoms with Crippen molar-refractivity contribution in [3.63, 3.8) is 0 Å². The molecule has 0 aliphatic carbocycles. The molecular formula is C11H17N3O5S. The number of aromatic nitrogens is 2. The highest BCUT2D eigenvalue weighted by molar-refractivity contribution is 7.89. The van der Waals surface area contributed by atoms with Crippen molar-refractivity contribution < 1.29 is 13.2 Å². The lowest BCUT2D eigenvalue weighted by Crippen LogP contribution is -2.47. The fourth-order valence-corrected chi connectivity index (χ4v) is 3.74. The summed E-state index contributed by atoms with van der Waals surface area (Å²) >= 11 is 0. The van der Waals surface area contributed by atoms with Crippen LogP contribution in [0.5, 0.6) is 0 Å². The average molecular weight is 303 g/mol. The van der Waals surface area contributed by atoms with Crippen molar-refractivity contribution in [2.75, 3.05) is 19.7 Å². The van der Waals surface area contributed by atoms with Crippen molar-refractivity contribution >= 4 is 10.0 Å². The highest BCUT2D eigenvalue weighted by Gasteiger charge is 2.32. The zero-order chi connectivity index (χ0) is 15.1. The number of hydrogen-bond acceptors (Lipinski definition) is 5. The predicted molar refractivity (Wildman–Crippen MR) is 71.1 cm³/mol.